The number of nitrogens with one attached hydrogen (secondary N) is 1. The van der Waals surface area contributed by atoms with Gasteiger partial charge in [0.25, 0.3) is 5.56 Å². The number of H-pyrrole nitrogens is 1. The van der Waals surface area contributed by atoms with E-state index in [0.29, 0.717) is 33.3 Å². The number of amides is 2. The maximum absolute atomic E-state index is 12.4. The van der Waals surface area contributed by atoms with Crippen LogP contribution in [0.15, 0.2) is 65.7 Å². The highest BCUT2D eigenvalue weighted by atomic mass is 35.5. The van der Waals surface area contributed by atoms with Gasteiger partial charge in [-0.25, -0.2) is 0 Å². The summed E-state index contributed by atoms with van der Waals surface area (Å²) in [6, 6.07) is 13.9. The highest BCUT2D eigenvalue weighted by Gasteiger charge is 2.31. The van der Waals surface area contributed by atoms with Crippen molar-refractivity contribution < 1.29 is 14.3 Å². The van der Waals surface area contributed by atoms with Gasteiger partial charge in [0.05, 0.1) is 5.69 Å². The van der Waals surface area contributed by atoms with E-state index in [1.807, 2.05) is 12.3 Å². The second-order valence-electron chi connectivity index (χ2n) is 7.58. The van der Waals surface area contributed by atoms with Crippen LogP contribution in [0.1, 0.15) is 12.8 Å². The normalized spacial score (nSPS) is 13.9. The lowest BCUT2D eigenvalue weighted by molar-refractivity contribution is -0.121. The molecule has 0 spiro atoms. The van der Waals surface area contributed by atoms with Gasteiger partial charge in [-0.15, -0.1) is 0 Å². The number of ether oxygens (including phenoxy) is 1. The SMILES string of the molecule is Cn1cc(-c2cc(N3C(=O)CCC3=O)ccc2Oc2ccc(Cl)cc2)c2cc[nH]c(=O)c21. The third-order valence-corrected chi connectivity index (χ3v) is 5.76. The number of carbonyl (C=O) groups is 2. The van der Waals surface area contributed by atoms with Gasteiger partial charge in [-0.05, 0) is 48.5 Å². The van der Waals surface area contributed by atoms with Crippen molar-refractivity contribution in [1.82, 2.24) is 9.55 Å². The molecule has 5 rings (SSSR count). The van der Waals surface area contributed by atoms with Gasteiger partial charge in [-0.3, -0.25) is 19.3 Å². The number of benzene rings is 2. The molecule has 4 aromatic rings. The second-order valence-corrected chi connectivity index (χ2v) is 8.02. The van der Waals surface area contributed by atoms with E-state index in [9.17, 15) is 14.4 Å². The molecular formula is C24H18ClN3O4. The monoisotopic (exact) mass is 447 g/mol. The number of rotatable bonds is 4. The molecule has 8 heteroatoms. The van der Waals surface area contributed by atoms with Crippen LogP contribution >= 0.6 is 11.6 Å². The van der Waals surface area contributed by atoms with Crippen LogP contribution in [0.5, 0.6) is 11.5 Å². The van der Waals surface area contributed by atoms with E-state index in [4.69, 9.17) is 16.3 Å². The summed E-state index contributed by atoms with van der Waals surface area (Å²) in [5, 5.41) is 1.32. The van der Waals surface area contributed by atoms with Crippen LogP contribution in [0.4, 0.5) is 5.69 Å². The van der Waals surface area contributed by atoms with Crippen LogP contribution in [-0.4, -0.2) is 21.4 Å². The fraction of sp³-hybridized carbons (Fsp3) is 0.125. The van der Waals surface area contributed by atoms with Gasteiger partial charge in [0.2, 0.25) is 11.8 Å². The summed E-state index contributed by atoms with van der Waals surface area (Å²) in [5.74, 6) is 0.626. The molecule has 0 saturated carbocycles. The Labute approximate surface area is 187 Å². The van der Waals surface area contributed by atoms with E-state index in [2.05, 4.69) is 4.98 Å². The lowest BCUT2D eigenvalue weighted by Crippen LogP contribution is -2.28. The second kappa shape index (κ2) is 7.69. The van der Waals surface area contributed by atoms with Crippen molar-refractivity contribution in [3.63, 3.8) is 0 Å². The molecule has 0 atom stereocenters. The summed E-state index contributed by atoms with van der Waals surface area (Å²) in [5.41, 5.74) is 2.17. The zero-order chi connectivity index (χ0) is 22.4. The fourth-order valence-electron chi connectivity index (χ4n) is 4.03. The minimum atomic E-state index is -0.235. The number of hydrogen-bond donors (Lipinski definition) is 1. The minimum Gasteiger partial charge on any atom is -0.457 e. The number of fused-ring (bicyclic) bond motifs is 1. The number of carbonyl (C=O) groups excluding carboxylic acids is 2. The molecule has 32 heavy (non-hydrogen) atoms. The van der Waals surface area contributed by atoms with E-state index >= 15 is 0 Å². The zero-order valence-electron chi connectivity index (χ0n) is 17.1. The number of halogens is 1. The Hall–Kier alpha value is -3.84. The minimum absolute atomic E-state index is 0.195. The average molecular weight is 448 g/mol. The lowest BCUT2D eigenvalue weighted by Gasteiger charge is -2.18. The molecule has 160 valence electrons. The maximum Gasteiger partial charge on any atom is 0.272 e. The van der Waals surface area contributed by atoms with Crippen molar-refractivity contribution in [3.8, 4) is 22.6 Å². The fourth-order valence-corrected chi connectivity index (χ4v) is 4.16. The number of hydrogen-bond acceptors (Lipinski definition) is 4. The van der Waals surface area contributed by atoms with Gasteiger partial charge in [-0.1, -0.05) is 11.6 Å². The van der Waals surface area contributed by atoms with Crippen LogP contribution in [-0.2, 0) is 16.6 Å². The number of anilines is 1. The third kappa shape index (κ3) is 3.36. The lowest BCUT2D eigenvalue weighted by atomic mass is 10.0. The highest BCUT2D eigenvalue weighted by Crippen LogP contribution is 2.40. The van der Waals surface area contributed by atoms with Crippen LogP contribution < -0.4 is 15.2 Å². The standard InChI is InChI=1S/C24H18ClN3O4/c1-27-13-19(17-10-11-26-24(31)23(17)27)18-12-15(28-21(29)8-9-22(28)30)4-7-20(18)32-16-5-2-14(25)3-6-16/h2-7,10-13H,8-9H2,1H3,(H,26,31). The Morgan fingerprint density at radius 2 is 1.66 bits per heavy atom. The molecule has 1 aliphatic heterocycles. The maximum atomic E-state index is 12.4. The van der Waals surface area contributed by atoms with Crippen LogP contribution in [0.25, 0.3) is 22.0 Å². The molecule has 1 aliphatic rings. The van der Waals surface area contributed by atoms with Gasteiger partial charge in [0.15, 0.2) is 0 Å². The highest BCUT2D eigenvalue weighted by molar-refractivity contribution is 6.30. The van der Waals surface area contributed by atoms with Crippen LogP contribution in [0, 0.1) is 0 Å². The molecule has 2 amide bonds. The first kappa shape index (κ1) is 20.1. The summed E-state index contributed by atoms with van der Waals surface area (Å²) in [6.45, 7) is 0. The predicted molar refractivity (Wildman–Crippen MR) is 122 cm³/mol. The topological polar surface area (TPSA) is 84.4 Å². The Morgan fingerprint density at radius 3 is 2.38 bits per heavy atom. The summed E-state index contributed by atoms with van der Waals surface area (Å²) < 4.78 is 7.88. The third-order valence-electron chi connectivity index (χ3n) is 5.50. The van der Waals surface area contributed by atoms with E-state index in [1.54, 1.807) is 60.3 Å². The van der Waals surface area contributed by atoms with Crippen LogP contribution in [0.2, 0.25) is 5.02 Å². The first-order chi connectivity index (χ1) is 15.4. The first-order valence-corrected chi connectivity index (χ1v) is 10.4. The quantitative estimate of drug-likeness (QED) is 0.462. The number of nitrogens with zero attached hydrogens (tertiary/aromatic N) is 2. The Kier molecular flexibility index (Phi) is 4.83. The van der Waals surface area contributed by atoms with Crippen LogP contribution in [0.3, 0.4) is 0 Å². The number of pyridine rings is 1. The molecule has 1 saturated heterocycles. The van der Waals surface area contributed by atoms with Crippen molar-refractivity contribution >= 4 is 40.0 Å². The van der Waals surface area contributed by atoms with Crippen molar-refractivity contribution in [1.29, 1.82) is 0 Å². The predicted octanol–water partition coefficient (Wildman–Crippen LogP) is 4.63. The summed E-state index contributed by atoms with van der Waals surface area (Å²) >= 11 is 5.99. The summed E-state index contributed by atoms with van der Waals surface area (Å²) in [7, 11) is 1.79. The Balaban J connectivity index is 1.71. The molecule has 0 aliphatic carbocycles. The largest absolute Gasteiger partial charge is 0.457 e. The molecule has 1 N–H and O–H groups in total. The van der Waals surface area contributed by atoms with Gasteiger partial charge in [-0.2, -0.15) is 0 Å². The summed E-state index contributed by atoms with van der Waals surface area (Å²) in [6.07, 6.45) is 3.81. The van der Waals surface area contributed by atoms with Gasteiger partial charge in [0, 0.05) is 53.8 Å². The number of aryl methyl sites for hydroxylation is 1. The Bertz CT molecular complexity index is 1420. The van der Waals surface area contributed by atoms with Crippen molar-refractivity contribution in [2.24, 2.45) is 7.05 Å². The van der Waals surface area contributed by atoms with Crippen molar-refractivity contribution in [2.75, 3.05) is 4.90 Å². The van der Waals surface area contributed by atoms with Crippen molar-refractivity contribution in [3.05, 3.63) is 76.3 Å². The molecule has 2 aromatic carbocycles. The zero-order valence-corrected chi connectivity index (χ0v) is 17.8. The molecule has 0 radical (unpaired) electrons. The molecule has 0 unspecified atom stereocenters. The molecular weight excluding hydrogens is 430 g/mol. The molecule has 3 heterocycles. The molecule has 1 fully saturated rings. The number of imide groups is 1. The van der Waals surface area contributed by atoms with E-state index < -0.39 is 0 Å². The smallest absolute Gasteiger partial charge is 0.272 e. The summed E-state index contributed by atoms with van der Waals surface area (Å²) in [4.78, 5) is 40.9. The van der Waals surface area contributed by atoms with Gasteiger partial charge in [0.1, 0.15) is 17.0 Å². The van der Waals surface area contributed by atoms with E-state index in [-0.39, 0.29) is 30.2 Å². The average Bonchev–Trinajstić information content (AvgIpc) is 3.29. The number of aromatic amines is 1. The van der Waals surface area contributed by atoms with Gasteiger partial charge < -0.3 is 14.3 Å². The van der Waals surface area contributed by atoms with E-state index in [0.717, 1.165) is 10.9 Å². The first-order valence-electron chi connectivity index (χ1n) is 10.0. The molecule has 7 nitrogen and oxygen atoms in total. The molecule has 0 bridgehead atoms. The van der Waals surface area contributed by atoms with E-state index in [1.165, 1.54) is 4.90 Å². The Morgan fingerprint density at radius 1 is 0.938 bits per heavy atom. The molecule has 2 aromatic heterocycles. The number of aromatic nitrogens is 2. The van der Waals surface area contributed by atoms with Gasteiger partial charge >= 0.3 is 0 Å². The van der Waals surface area contributed by atoms with Crippen molar-refractivity contribution in [2.45, 2.75) is 12.8 Å².